The Hall–Kier alpha value is -1.77. The molecule has 0 aliphatic rings. The van der Waals surface area contributed by atoms with Crippen molar-refractivity contribution in [3.8, 4) is 11.5 Å². The molecule has 0 aromatic heterocycles. The van der Waals surface area contributed by atoms with Crippen LogP contribution in [0.25, 0.3) is 0 Å². The minimum absolute atomic E-state index is 0.0761. The fourth-order valence-electron chi connectivity index (χ4n) is 2.17. The number of hydrogen-bond donors (Lipinski definition) is 2. The van der Waals surface area contributed by atoms with Gasteiger partial charge in [0.1, 0.15) is 0 Å². The van der Waals surface area contributed by atoms with Gasteiger partial charge in [-0.3, -0.25) is 0 Å². The summed E-state index contributed by atoms with van der Waals surface area (Å²) in [7, 11) is -2.10. The van der Waals surface area contributed by atoms with Gasteiger partial charge in [-0.25, -0.2) is 13.6 Å². The van der Waals surface area contributed by atoms with E-state index in [1.54, 1.807) is 19.2 Å². The molecule has 2 aromatic rings. The van der Waals surface area contributed by atoms with Gasteiger partial charge in [0.15, 0.2) is 11.5 Å². The quantitative estimate of drug-likeness (QED) is 0.725. The van der Waals surface area contributed by atoms with Gasteiger partial charge in [-0.15, -0.1) is 0 Å². The van der Waals surface area contributed by atoms with E-state index in [0.29, 0.717) is 24.7 Å². The summed E-state index contributed by atoms with van der Waals surface area (Å²) in [5.74, 6) is 1.32. The summed E-state index contributed by atoms with van der Waals surface area (Å²) in [6, 6.07) is 10.0. The van der Waals surface area contributed by atoms with Gasteiger partial charge in [-0.05, 0) is 43.3 Å². The van der Waals surface area contributed by atoms with Crippen LogP contribution in [-0.4, -0.2) is 22.1 Å². The second kappa shape index (κ2) is 7.87. The lowest BCUT2D eigenvalue weighted by Crippen LogP contribution is -2.12. The van der Waals surface area contributed by atoms with Crippen molar-refractivity contribution in [1.82, 2.24) is 0 Å². The summed E-state index contributed by atoms with van der Waals surface area (Å²) < 4.78 is 34.5. The molecule has 2 rings (SSSR count). The third-order valence-corrected chi connectivity index (χ3v) is 4.66. The van der Waals surface area contributed by atoms with Crippen molar-refractivity contribution in [2.24, 2.45) is 5.14 Å². The summed E-state index contributed by atoms with van der Waals surface area (Å²) in [6.07, 6.45) is 0. The first-order valence-electron chi connectivity index (χ1n) is 7.21. The molecule has 0 fully saturated rings. The monoisotopic (exact) mass is 414 g/mol. The number of anilines is 1. The zero-order valence-electron chi connectivity index (χ0n) is 13.4. The first-order chi connectivity index (χ1) is 11.3. The molecule has 0 aliphatic carbocycles. The Bertz CT molecular complexity index is 808. The van der Waals surface area contributed by atoms with Crippen molar-refractivity contribution in [3.05, 3.63) is 46.4 Å². The molecule has 0 spiro atoms. The summed E-state index contributed by atoms with van der Waals surface area (Å²) in [5.41, 5.74) is 1.68. The SMILES string of the molecule is CCOc1c(CNc2ccc(S(N)(=O)=O)cc2)cc(Br)cc1OC. The summed E-state index contributed by atoms with van der Waals surface area (Å²) in [6.45, 7) is 2.92. The number of benzene rings is 2. The molecule has 0 radical (unpaired) electrons. The Morgan fingerprint density at radius 2 is 1.88 bits per heavy atom. The van der Waals surface area contributed by atoms with E-state index in [4.69, 9.17) is 14.6 Å². The van der Waals surface area contributed by atoms with E-state index in [1.165, 1.54) is 12.1 Å². The Balaban J connectivity index is 2.21. The third kappa shape index (κ3) is 4.62. The third-order valence-electron chi connectivity index (χ3n) is 3.27. The molecule has 8 heteroatoms. The van der Waals surface area contributed by atoms with Crippen LogP contribution in [0.5, 0.6) is 11.5 Å². The van der Waals surface area contributed by atoms with E-state index in [-0.39, 0.29) is 4.90 Å². The number of hydrogen-bond acceptors (Lipinski definition) is 5. The molecule has 6 nitrogen and oxygen atoms in total. The number of rotatable bonds is 7. The smallest absolute Gasteiger partial charge is 0.238 e. The highest BCUT2D eigenvalue weighted by atomic mass is 79.9. The van der Waals surface area contributed by atoms with Crippen LogP contribution in [0.4, 0.5) is 5.69 Å². The van der Waals surface area contributed by atoms with Crippen LogP contribution in [0.2, 0.25) is 0 Å². The number of primary sulfonamides is 1. The maximum Gasteiger partial charge on any atom is 0.238 e. The minimum atomic E-state index is -3.69. The van der Waals surface area contributed by atoms with E-state index >= 15 is 0 Å². The van der Waals surface area contributed by atoms with Crippen molar-refractivity contribution in [3.63, 3.8) is 0 Å². The molecule has 0 atom stereocenters. The van der Waals surface area contributed by atoms with Crippen LogP contribution < -0.4 is 19.9 Å². The van der Waals surface area contributed by atoms with Crippen molar-refractivity contribution in [2.75, 3.05) is 19.0 Å². The van der Waals surface area contributed by atoms with Crippen LogP contribution in [-0.2, 0) is 16.6 Å². The Morgan fingerprint density at radius 1 is 1.21 bits per heavy atom. The van der Waals surface area contributed by atoms with E-state index in [2.05, 4.69) is 21.2 Å². The second-order valence-corrected chi connectivity index (χ2v) is 7.43. The molecule has 0 bridgehead atoms. The Labute approximate surface area is 150 Å². The summed E-state index contributed by atoms with van der Waals surface area (Å²) in [5, 5.41) is 8.31. The molecular formula is C16H19BrN2O4S. The highest BCUT2D eigenvalue weighted by molar-refractivity contribution is 9.10. The van der Waals surface area contributed by atoms with Crippen molar-refractivity contribution in [2.45, 2.75) is 18.4 Å². The predicted molar refractivity (Wildman–Crippen MR) is 97.0 cm³/mol. The number of ether oxygens (including phenoxy) is 2. The van der Waals surface area contributed by atoms with Gasteiger partial charge in [0, 0.05) is 22.3 Å². The summed E-state index contributed by atoms with van der Waals surface area (Å²) in [4.78, 5) is 0.0761. The average Bonchev–Trinajstić information content (AvgIpc) is 2.54. The van der Waals surface area contributed by atoms with Crippen LogP contribution in [0.15, 0.2) is 45.8 Å². The first-order valence-corrected chi connectivity index (χ1v) is 9.55. The predicted octanol–water partition coefficient (Wildman–Crippen LogP) is 3.12. The van der Waals surface area contributed by atoms with E-state index in [9.17, 15) is 8.42 Å². The molecule has 0 amide bonds. The van der Waals surface area contributed by atoms with Crippen LogP contribution in [0, 0.1) is 0 Å². The van der Waals surface area contributed by atoms with Gasteiger partial charge in [0.05, 0.1) is 18.6 Å². The number of nitrogens with one attached hydrogen (secondary N) is 1. The highest BCUT2D eigenvalue weighted by Crippen LogP contribution is 2.35. The van der Waals surface area contributed by atoms with Crippen molar-refractivity contribution >= 4 is 31.6 Å². The largest absolute Gasteiger partial charge is 0.493 e. The molecule has 0 saturated heterocycles. The fraction of sp³-hybridized carbons (Fsp3) is 0.250. The topological polar surface area (TPSA) is 90.6 Å². The van der Waals surface area contributed by atoms with Crippen molar-refractivity contribution < 1.29 is 17.9 Å². The van der Waals surface area contributed by atoms with Gasteiger partial charge >= 0.3 is 0 Å². The standard InChI is InChI=1S/C16H19BrN2O4S/c1-3-23-16-11(8-12(17)9-15(16)22-2)10-19-13-4-6-14(7-5-13)24(18,20)21/h4-9,19H,3,10H2,1-2H3,(H2,18,20,21). The van der Waals surface area contributed by atoms with E-state index in [1.807, 2.05) is 19.1 Å². The molecule has 0 heterocycles. The lowest BCUT2D eigenvalue weighted by molar-refractivity contribution is 0.308. The van der Waals surface area contributed by atoms with Gasteiger partial charge < -0.3 is 14.8 Å². The van der Waals surface area contributed by atoms with Crippen LogP contribution in [0.1, 0.15) is 12.5 Å². The van der Waals surface area contributed by atoms with Crippen LogP contribution in [0.3, 0.4) is 0 Å². The molecule has 0 saturated carbocycles. The molecule has 2 aromatic carbocycles. The Kier molecular flexibility index (Phi) is 6.09. The number of halogens is 1. The number of sulfonamides is 1. The lowest BCUT2D eigenvalue weighted by atomic mass is 10.1. The maximum absolute atomic E-state index is 11.3. The highest BCUT2D eigenvalue weighted by Gasteiger charge is 2.13. The van der Waals surface area contributed by atoms with Gasteiger partial charge in [0.25, 0.3) is 0 Å². The molecule has 3 N–H and O–H groups in total. The molecule has 0 unspecified atom stereocenters. The maximum atomic E-state index is 11.3. The van der Waals surface area contributed by atoms with Crippen molar-refractivity contribution in [1.29, 1.82) is 0 Å². The molecule has 0 aliphatic heterocycles. The number of methoxy groups -OCH3 is 1. The normalized spacial score (nSPS) is 11.2. The first kappa shape index (κ1) is 18.6. The minimum Gasteiger partial charge on any atom is -0.493 e. The van der Waals surface area contributed by atoms with E-state index < -0.39 is 10.0 Å². The summed E-state index contributed by atoms with van der Waals surface area (Å²) >= 11 is 3.45. The Morgan fingerprint density at radius 3 is 2.42 bits per heavy atom. The lowest BCUT2D eigenvalue weighted by Gasteiger charge is -2.16. The molecule has 24 heavy (non-hydrogen) atoms. The fourth-order valence-corrected chi connectivity index (χ4v) is 3.17. The van der Waals surface area contributed by atoms with Gasteiger partial charge in [0.2, 0.25) is 10.0 Å². The second-order valence-electron chi connectivity index (χ2n) is 4.95. The van der Waals surface area contributed by atoms with Gasteiger partial charge in [-0.2, -0.15) is 0 Å². The zero-order valence-corrected chi connectivity index (χ0v) is 15.8. The van der Waals surface area contributed by atoms with Crippen LogP contribution >= 0.6 is 15.9 Å². The average molecular weight is 415 g/mol. The molecular weight excluding hydrogens is 396 g/mol. The zero-order chi connectivity index (χ0) is 17.7. The molecule has 130 valence electrons. The number of nitrogens with two attached hydrogens (primary N) is 1. The van der Waals surface area contributed by atoms with Gasteiger partial charge in [-0.1, -0.05) is 15.9 Å². The van der Waals surface area contributed by atoms with E-state index in [0.717, 1.165) is 15.7 Å².